The third-order valence-electron chi connectivity index (χ3n) is 2.82. The number of rotatable bonds is 10. The second kappa shape index (κ2) is 10.3. The highest BCUT2D eigenvalue weighted by atomic mass is 16.1. The summed E-state index contributed by atoms with van der Waals surface area (Å²) in [5.41, 5.74) is 0. The maximum Gasteiger partial charge on any atom is 0.219 e. The molecule has 0 radical (unpaired) electrons. The summed E-state index contributed by atoms with van der Waals surface area (Å²) in [5, 5.41) is 2.90. The van der Waals surface area contributed by atoms with Gasteiger partial charge in [0.15, 0.2) is 0 Å². The Bertz CT molecular complexity index is 224. The SMILES string of the molecule is CCCCCNC(=O)CCCCC(=O)C(C)C. The molecule has 0 aromatic heterocycles. The number of unbranched alkanes of at least 4 members (excludes halogenated alkanes) is 3. The van der Waals surface area contributed by atoms with E-state index in [0.717, 1.165) is 25.8 Å². The van der Waals surface area contributed by atoms with Crippen molar-refractivity contribution in [1.82, 2.24) is 5.32 Å². The number of carbonyl (C=O) groups is 2. The van der Waals surface area contributed by atoms with Gasteiger partial charge < -0.3 is 5.32 Å². The van der Waals surface area contributed by atoms with E-state index in [1.54, 1.807) is 0 Å². The fourth-order valence-electron chi connectivity index (χ4n) is 1.56. The number of Topliss-reactive ketones (excluding diaryl/α,β-unsaturated/α-hetero) is 1. The van der Waals surface area contributed by atoms with E-state index in [-0.39, 0.29) is 11.8 Å². The average Bonchev–Trinajstić information content (AvgIpc) is 2.29. The zero-order valence-electron chi connectivity index (χ0n) is 11.6. The lowest BCUT2D eigenvalue weighted by Gasteiger charge is -2.05. The zero-order valence-corrected chi connectivity index (χ0v) is 11.6. The molecule has 0 bridgehead atoms. The van der Waals surface area contributed by atoms with E-state index in [0.29, 0.717) is 18.6 Å². The third-order valence-corrected chi connectivity index (χ3v) is 2.82. The Hall–Kier alpha value is -0.860. The van der Waals surface area contributed by atoms with E-state index in [4.69, 9.17) is 0 Å². The molecule has 1 N–H and O–H groups in total. The molecule has 0 aliphatic carbocycles. The van der Waals surface area contributed by atoms with Gasteiger partial charge in [-0.05, 0) is 19.3 Å². The van der Waals surface area contributed by atoms with Crippen LogP contribution in [-0.4, -0.2) is 18.2 Å². The normalized spacial score (nSPS) is 10.6. The molecule has 0 atom stereocenters. The maximum absolute atomic E-state index is 11.4. The van der Waals surface area contributed by atoms with Crippen molar-refractivity contribution < 1.29 is 9.59 Å². The van der Waals surface area contributed by atoms with Crippen molar-refractivity contribution in [1.29, 1.82) is 0 Å². The highest BCUT2D eigenvalue weighted by molar-refractivity contribution is 5.80. The Kier molecular flexibility index (Phi) is 9.78. The summed E-state index contributed by atoms with van der Waals surface area (Å²) in [6, 6.07) is 0. The molecule has 1 amide bonds. The minimum atomic E-state index is 0.123. The molecule has 0 heterocycles. The van der Waals surface area contributed by atoms with Crippen LogP contribution in [0.4, 0.5) is 0 Å². The molecule has 0 aromatic carbocycles. The lowest BCUT2D eigenvalue weighted by atomic mass is 10.0. The van der Waals surface area contributed by atoms with E-state index in [2.05, 4.69) is 12.2 Å². The summed E-state index contributed by atoms with van der Waals surface area (Å²) in [6.45, 7) is 6.77. The van der Waals surface area contributed by atoms with E-state index < -0.39 is 0 Å². The predicted molar refractivity (Wildman–Crippen MR) is 70.8 cm³/mol. The lowest BCUT2D eigenvalue weighted by Crippen LogP contribution is -2.24. The van der Waals surface area contributed by atoms with Gasteiger partial charge in [-0.25, -0.2) is 0 Å². The van der Waals surface area contributed by atoms with Crippen molar-refractivity contribution in [2.24, 2.45) is 5.92 Å². The van der Waals surface area contributed by atoms with Gasteiger partial charge in [0.2, 0.25) is 5.91 Å². The van der Waals surface area contributed by atoms with Gasteiger partial charge in [0, 0.05) is 25.3 Å². The van der Waals surface area contributed by atoms with Crippen LogP contribution in [0, 0.1) is 5.92 Å². The largest absolute Gasteiger partial charge is 0.356 e. The van der Waals surface area contributed by atoms with Crippen molar-refractivity contribution in [2.45, 2.75) is 65.7 Å². The molecule has 0 aliphatic heterocycles. The summed E-state index contributed by atoms with van der Waals surface area (Å²) in [6.07, 6.45) is 6.22. The average molecular weight is 241 g/mol. The van der Waals surface area contributed by atoms with Gasteiger partial charge in [-0.2, -0.15) is 0 Å². The van der Waals surface area contributed by atoms with Gasteiger partial charge in [0.05, 0.1) is 0 Å². The molecular weight excluding hydrogens is 214 g/mol. The summed E-state index contributed by atoms with van der Waals surface area (Å²) in [5.74, 6) is 0.546. The molecule has 3 nitrogen and oxygen atoms in total. The van der Waals surface area contributed by atoms with Crippen LogP contribution in [0.5, 0.6) is 0 Å². The van der Waals surface area contributed by atoms with Crippen LogP contribution in [0.15, 0.2) is 0 Å². The summed E-state index contributed by atoms with van der Waals surface area (Å²) >= 11 is 0. The van der Waals surface area contributed by atoms with Crippen LogP contribution in [-0.2, 0) is 9.59 Å². The first-order valence-electron chi connectivity index (χ1n) is 6.87. The van der Waals surface area contributed by atoms with E-state index in [1.807, 2.05) is 13.8 Å². The fraction of sp³-hybridized carbons (Fsp3) is 0.857. The van der Waals surface area contributed by atoms with Crippen LogP contribution in [0.1, 0.15) is 65.7 Å². The van der Waals surface area contributed by atoms with Gasteiger partial charge in [0.25, 0.3) is 0 Å². The molecule has 0 unspecified atom stereocenters. The van der Waals surface area contributed by atoms with E-state index in [9.17, 15) is 9.59 Å². The molecule has 0 saturated heterocycles. The van der Waals surface area contributed by atoms with Crippen molar-refractivity contribution in [3.05, 3.63) is 0 Å². The van der Waals surface area contributed by atoms with Gasteiger partial charge >= 0.3 is 0 Å². The molecule has 3 heteroatoms. The number of amides is 1. The molecule has 0 rings (SSSR count). The molecular formula is C14H27NO2. The Morgan fingerprint density at radius 3 is 2.24 bits per heavy atom. The quantitative estimate of drug-likeness (QED) is 0.597. The minimum absolute atomic E-state index is 0.123. The zero-order chi connectivity index (χ0) is 13.1. The van der Waals surface area contributed by atoms with E-state index >= 15 is 0 Å². The van der Waals surface area contributed by atoms with E-state index in [1.165, 1.54) is 12.8 Å². The van der Waals surface area contributed by atoms with Crippen LogP contribution in [0.3, 0.4) is 0 Å². The number of nitrogens with one attached hydrogen (secondary N) is 1. The maximum atomic E-state index is 11.4. The molecule has 17 heavy (non-hydrogen) atoms. The first kappa shape index (κ1) is 16.1. The number of ketones is 1. The Labute approximate surface area is 105 Å². The second-order valence-corrected chi connectivity index (χ2v) is 4.89. The van der Waals surface area contributed by atoms with Crippen molar-refractivity contribution in [3.63, 3.8) is 0 Å². The fourth-order valence-corrected chi connectivity index (χ4v) is 1.56. The number of carbonyl (C=O) groups excluding carboxylic acids is 2. The Morgan fingerprint density at radius 2 is 1.65 bits per heavy atom. The molecule has 0 saturated carbocycles. The molecule has 0 fully saturated rings. The summed E-state index contributed by atoms with van der Waals surface area (Å²) < 4.78 is 0. The van der Waals surface area contributed by atoms with Crippen LogP contribution in [0.25, 0.3) is 0 Å². The first-order chi connectivity index (χ1) is 8.07. The topological polar surface area (TPSA) is 46.2 Å². The first-order valence-corrected chi connectivity index (χ1v) is 6.87. The second-order valence-electron chi connectivity index (χ2n) is 4.89. The van der Waals surface area contributed by atoms with Crippen molar-refractivity contribution in [2.75, 3.05) is 6.54 Å². The summed E-state index contributed by atoms with van der Waals surface area (Å²) in [7, 11) is 0. The molecule has 0 spiro atoms. The highest BCUT2D eigenvalue weighted by Gasteiger charge is 2.07. The van der Waals surface area contributed by atoms with Crippen LogP contribution >= 0.6 is 0 Å². The minimum Gasteiger partial charge on any atom is -0.356 e. The summed E-state index contributed by atoms with van der Waals surface area (Å²) in [4.78, 5) is 22.7. The van der Waals surface area contributed by atoms with Gasteiger partial charge in [-0.3, -0.25) is 9.59 Å². The Morgan fingerprint density at radius 1 is 1.00 bits per heavy atom. The number of hydrogen-bond acceptors (Lipinski definition) is 2. The van der Waals surface area contributed by atoms with Crippen LogP contribution < -0.4 is 5.32 Å². The standard InChI is InChI=1S/C14H27NO2/c1-4-5-8-11-15-14(17)10-7-6-9-13(16)12(2)3/h12H,4-11H2,1-3H3,(H,15,17). The number of hydrogen-bond donors (Lipinski definition) is 1. The molecule has 100 valence electrons. The molecule has 0 aromatic rings. The third kappa shape index (κ3) is 10.0. The monoisotopic (exact) mass is 241 g/mol. The van der Waals surface area contributed by atoms with Gasteiger partial charge in [-0.1, -0.05) is 33.6 Å². The van der Waals surface area contributed by atoms with Crippen molar-refractivity contribution in [3.8, 4) is 0 Å². The Balaban J connectivity index is 3.36. The van der Waals surface area contributed by atoms with Crippen molar-refractivity contribution >= 4 is 11.7 Å². The van der Waals surface area contributed by atoms with Crippen LogP contribution in [0.2, 0.25) is 0 Å². The lowest BCUT2D eigenvalue weighted by molar-refractivity contribution is -0.123. The smallest absolute Gasteiger partial charge is 0.219 e. The predicted octanol–water partition coefficient (Wildman–Crippen LogP) is 3.08. The van der Waals surface area contributed by atoms with Gasteiger partial charge in [-0.15, -0.1) is 0 Å². The highest BCUT2D eigenvalue weighted by Crippen LogP contribution is 2.06. The van der Waals surface area contributed by atoms with Gasteiger partial charge in [0.1, 0.15) is 5.78 Å². The molecule has 0 aliphatic rings.